The first kappa shape index (κ1) is 12.9. The van der Waals surface area contributed by atoms with Crippen LogP contribution in [0.3, 0.4) is 0 Å². The Morgan fingerprint density at radius 3 is 2.69 bits per heavy atom. The molecule has 0 aliphatic heterocycles. The van der Waals surface area contributed by atoms with Crippen LogP contribution >= 0.6 is 0 Å². The Hall–Kier alpha value is -1.13. The van der Waals surface area contributed by atoms with Crippen LogP contribution in [0.5, 0.6) is 5.88 Å². The zero-order valence-corrected chi connectivity index (χ0v) is 10.1. The topological polar surface area (TPSA) is 57.4 Å². The largest absolute Gasteiger partial charge is 0.475 e. The van der Waals surface area contributed by atoms with Crippen LogP contribution < -0.4 is 10.5 Å². The van der Waals surface area contributed by atoms with Crippen molar-refractivity contribution in [2.45, 2.75) is 32.9 Å². The third-order valence-electron chi connectivity index (χ3n) is 2.06. The van der Waals surface area contributed by atoms with Gasteiger partial charge in [0.1, 0.15) is 6.61 Å². The van der Waals surface area contributed by atoms with Gasteiger partial charge < -0.3 is 15.2 Å². The quantitative estimate of drug-likeness (QED) is 0.750. The van der Waals surface area contributed by atoms with E-state index >= 15 is 0 Å². The second-order valence-electron chi connectivity index (χ2n) is 3.95. The van der Waals surface area contributed by atoms with Gasteiger partial charge in [-0.1, -0.05) is 6.07 Å². The first-order valence-electron chi connectivity index (χ1n) is 5.56. The van der Waals surface area contributed by atoms with Crippen molar-refractivity contribution in [2.75, 3.05) is 13.2 Å². The zero-order chi connectivity index (χ0) is 12.0. The minimum absolute atomic E-state index is 0.0743. The first-order chi connectivity index (χ1) is 7.61. The van der Waals surface area contributed by atoms with Crippen molar-refractivity contribution >= 4 is 0 Å². The van der Waals surface area contributed by atoms with Crippen LogP contribution in [-0.4, -0.2) is 24.3 Å². The minimum atomic E-state index is -0.0743. The monoisotopic (exact) mass is 224 g/mol. The number of nitrogens with zero attached hydrogens (tertiary/aromatic N) is 1. The molecule has 90 valence electrons. The first-order valence-corrected chi connectivity index (χ1v) is 5.56. The summed E-state index contributed by atoms with van der Waals surface area (Å²) in [5.41, 5.74) is 6.74. The summed E-state index contributed by atoms with van der Waals surface area (Å²) in [6.07, 6.45) is 1.92. The predicted molar refractivity (Wildman–Crippen MR) is 63.4 cm³/mol. The van der Waals surface area contributed by atoms with Crippen molar-refractivity contribution in [1.82, 2.24) is 4.98 Å². The molecular weight excluding hydrogens is 204 g/mol. The van der Waals surface area contributed by atoms with Gasteiger partial charge in [-0.25, -0.2) is 4.98 Å². The van der Waals surface area contributed by atoms with E-state index in [4.69, 9.17) is 15.2 Å². The van der Waals surface area contributed by atoms with Crippen molar-refractivity contribution in [3.05, 3.63) is 23.9 Å². The van der Waals surface area contributed by atoms with E-state index in [1.165, 1.54) is 0 Å². The number of aromatic nitrogens is 1. The van der Waals surface area contributed by atoms with Gasteiger partial charge in [-0.3, -0.25) is 0 Å². The molecule has 4 heteroatoms. The van der Waals surface area contributed by atoms with E-state index in [0.29, 0.717) is 19.1 Å². The number of pyridine rings is 1. The third kappa shape index (κ3) is 4.16. The van der Waals surface area contributed by atoms with E-state index in [-0.39, 0.29) is 12.1 Å². The molecule has 1 unspecified atom stereocenters. The molecule has 0 aromatic carbocycles. The Balaban J connectivity index is 2.47. The fourth-order valence-corrected chi connectivity index (χ4v) is 1.29. The van der Waals surface area contributed by atoms with Crippen LogP contribution in [0.4, 0.5) is 0 Å². The summed E-state index contributed by atoms with van der Waals surface area (Å²) in [7, 11) is 0. The summed E-state index contributed by atoms with van der Waals surface area (Å²) in [5, 5.41) is 0. The molecule has 16 heavy (non-hydrogen) atoms. The van der Waals surface area contributed by atoms with Crippen LogP contribution in [0.1, 0.15) is 32.4 Å². The molecule has 0 aliphatic rings. The molecule has 0 aliphatic carbocycles. The Bertz CT molecular complexity index is 314. The van der Waals surface area contributed by atoms with Gasteiger partial charge in [0.05, 0.1) is 12.7 Å². The maximum atomic E-state index is 5.82. The van der Waals surface area contributed by atoms with Gasteiger partial charge in [-0.2, -0.15) is 0 Å². The Labute approximate surface area is 96.8 Å². The third-order valence-corrected chi connectivity index (χ3v) is 2.06. The lowest BCUT2D eigenvalue weighted by Gasteiger charge is -2.13. The zero-order valence-electron chi connectivity index (χ0n) is 10.1. The van der Waals surface area contributed by atoms with Crippen LogP contribution in [-0.2, 0) is 4.74 Å². The molecule has 0 saturated heterocycles. The fraction of sp³-hybridized carbons (Fsp3) is 0.583. The van der Waals surface area contributed by atoms with Gasteiger partial charge in [-0.15, -0.1) is 0 Å². The number of hydrogen-bond acceptors (Lipinski definition) is 4. The van der Waals surface area contributed by atoms with E-state index in [1.54, 1.807) is 6.20 Å². The smallest absolute Gasteiger partial charge is 0.218 e. The summed E-state index contributed by atoms with van der Waals surface area (Å²) >= 11 is 0. The van der Waals surface area contributed by atoms with E-state index in [0.717, 1.165) is 5.56 Å². The summed E-state index contributed by atoms with van der Waals surface area (Å²) in [4.78, 5) is 4.16. The lowest BCUT2D eigenvalue weighted by atomic mass is 10.1. The van der Waals surface area contributed by atoms with Crippen LogP contribution in [0.25, 0.3) is 0 Å². The molecule has 1 aromatic rings. The number of rotatable bonds is 6. The van der Waals surface area contributed by atoms with Gasteiger partial charge in [0.15, 0.2) is 0 Å². The average Bonchev–Trinajstić information content (AvgIpc) is 2.24. The molecule has 0 radical (unpaired) electrons. The number of ether oxygens (including phenoxy) is 2. The molecule has 0 fully saturated rings. The maximum absolute atomic E-state index is 5.82. The van der Waals surface area contributed by atoms with Crippen LogP contribution in [0.2, 0.25) is 0 Å². The van der Waals surface area contributed by atoms with Gasteiger partial charge in [0.2, 0.25) is 5.88 Å². The standard InChI is InChI=1S/C12H20N2O2/c1-9(2)15-7-8-16-12-11(10(3)13)5-4-6-14-12/h4-6,9-10H,7-8,13H2,1-3H3. The molecule has 0 amide bonds. The minimum Gasteiger partial charge on any atom is -0.475 e. The summed E-state index contributed by atoms with van der Waals surface area (Å²) in [6.45, 7) is 6.96. The van der Waals surface area contributed by atoms with Crippen molar-refractivity contribution in [2.24, 2.45) is 5.73 Å². The summed E-state index contributed by atoms with van der Waals surface area (Å²) in [5.74, 6) is 0.602. The lowest BCUT2D eigenvalue weighted by Crippen LogP contribution is -2.14. The van der Waals surface area contributed by atoms with Crippen molar-refractivity contribution in [3.63, 3.8) is 0 Å². The van der Waals surface area contributed by atoms with E-state index in [2.05, 4.69) is 4.98 Å². The Morgan fingerprint density at radius 1 is 1.31 bits per heavy atom. The van der Waals surface area contributed by atoms with Crippen molar-refractivity contribution in [3.8, 4) is 5.88 Å². The predicted octanol–water partition coefficient (Wildman–Crippen LogP) is 1.91. The molecule has 1 aromatic heterocycles. The van der Waals surface area contributed by atoms with Gasteiger partial charge in [-0.05, 0) is 26.8 Å². The Morgan fingerprint density at radius 2 is 2.06 bits per heavy atom. The van der Waals surface area contributed by atoms with Crippen molar-refractivity contribution < 1.29 is 9.47 Å². The van der Waals surface area contributed by atoms with E-state index < -0.39 is 0 Å². The van der Waals surface area contributed by atoms with E-state index in [9.17, 15) is 0 Å². The molecule has 2 N–H and O–H groups in total. The maximum Gasteiger partial charge on any atom is 0.218 e. The molecule has 0 spiro atoms. The molecule has 1 heterocycles. The molecule has 4 nitrogen and oxygen atoms in total. The molecule has 0 bridgehead atoms. The molecular formula is C12H20N2O2. The fourth-order valence-electron chi connectivity index (χ4n) is 1.29. The molecule has 1 atom stereocenters. The van der Waals surface area contributed by atoms with Gasteiger partial charge in [0.25, 0.3) is 0 Å². The highest BCUT2D eigenvalue weighted by Gasteiger charge is 2.08. The summed E-state index contributed by atoms with van der Waals surface area (Å²) < 4.78 is 10.9. The summed E-state index contributed by atoms with van der Waals surface area (Å²) in [6, 6.07) is 3.71. The second-order valence-corrected chi connectivity index (χ2v) is 3.95. The molecule has 1 rings (SSSR count). The van der Waals surface area contributed by atoms with Crippen LogP contribution in [0, 0.1) is 0 Å². The van der Waals surface area contributed by atoms with Crippen LogP contribution in [0.15, 0.2) is 18.3 Å². The SMILES string of the molecule is CC(C)OCCOc1ncccc1C(C)N. The highest BCUT2D eigenvalue weighted by Crippen LogP contribution is 2.19. The number of nitrogens with two attached hydrogens (primary N) is 1. The highest BCUT2D eigenvalue weighted by atomic mass is 16.5. The normalized spacial score (nSPS) is 12.8. The number of hydrogen-bond donors (Lipinski definition) is 1. The average molecular weight is 224 g/mol. The van der Waals surface area contributed by atoms with Crippen molar-refractivity contribution in [1.29, 1.82) is 0 Å². The second kappa shape index (κ2) is 6.45. The lowest BCUT2D eigenvalue weighted by molar-refractivity contribution is 0.0539. The van der Waals surface area contributed by atoms with E-state index in [1.807, 2.05) is 32.9 Å². The van der Waals surface area contributed by atoms with Gasteiger partial charge >= 0.3 is 0 Å². The highest BCUT2D eigenvalue weighted by molar-refractivity contribution is 5.27. The molecule has 0 saturated carbocycles. The van der Waals surface area contributed by atoms with Gasteiger partial charge in [0, 0.05) is 17.8 Å². The Kier molecular flexibility index (Phi) is 5.22.